The van der Waals surface area contributed by atoms with Crippen LogP contribution in [0.4, 0.5) is 18.0 Å². The molecule has 4 heterocycles. The van der Waals surface area contributed by atoms with Crippen LogP contribution in [0.25, 0.3) is 22.5 Å². The minimum Gasteiger partial charge on any atom is -0.463 e. The Kier molecular flexibility index (Phi) is 6.23. The monoisotopic (exact) mass is 635 g/mol. The zero-order chi connectivity index (χ0) is 31.9. The van der Waals surface area contributed by atoms with Crippen LogP contribution in [-0.2, 0) is 26.6 Å². The molecule has 8 rings (SSSR count). The highest BCUT2D eigenvalue weighted by Gasteiger charge is 2.51. The van der Waals surface area contributed by atoms with Crippen LogP contribution in [0.2, 0.25) is 0 Å². The Morgan fingerprint density at radius 3 is 2.74 bits per heavy atom. The molecule has 2 aromatic heterocycles. The molecule has 4 aliphatic rings. The average molecular weight is 636 g/mol. The van der Waals surface area contributed by atoms with Crippen molar-refractivity contribution in [1.29, 1.82) is 0 Å². The Morgan fingerprint density at radius 2 is 1.91 bits per heavy atom. The number of ether oxygens (including phenoxy) is 4. The molecule has 2 aliphatic heterocycles. The molecule has 0 saturated carbocycles. The Morgan fingerprint density at radius 1 is 1.09 bits per heavy atom. The van der Waals surface area contributed by atoms with E-state index >= 15 is 13.2 Å². The third-order valence-electron chi connectivity index (χ3n) is 8.84. The van der Waals surface area contributed by atoms with E-state index in [1.165, 1.54) is 34.2 Å². The summed E-state index contributed by atoms with van der Waals surface area (Å²) in [5.41, 5.74) is 0.623. The molecule has 11 nitrogen and oxygen atoms in total. The zero-order valence-electron chi connectivity index (χ0n) is 24.1. The van der Waals surface area contributed by atoms with Crippen molar-refractivity contribution in [2.24, 2.45) is 0 Å². The van der Waals surface area contributed by atoms with Gasteiger partial charge in [-0.1, -0.05) is 30.3 Å². The second kappa shape index (κ2) is 10.1. The van der Waals surface area contributed by atoms with Crippen molar-refractivity contribution in [2.75, 3.05) is 38.7 Å². The van der Waals surface area contributed by atoms with Gasteiger partial charge in [-0.15, -0.1) is 0 Å². The Balaban J connectivity index is 1.41. The van der Waals surface area contributed by atoms with Crippen LogP contribution >= 0.6 is 0 Å². The number of nitrogens with zero attached hydrogens (tertiary/aromatic N) is 3. The van der Waals surface area contributed by atoms with Crippen LogP contribution in [0, 0.1) is 5.82 Å². The van der Waals surface area contributed by atoms with Crippen LogP contribution in [0.3, 0.4) is 0 Å². The predicted molar refractivity (Wildman–Crippen MR) is 153 cm³/mol. The normalized spacial score (nSPS) is 20.1. The molecule has 1 saturated heterocycles. The average Bonchev–Trinajstić information content (AvgIpc) is 3.41. The molecule has 46 heavy (non-hydrogen) atoms. The van der Waals surface area contributed by atoms with Gasteiger partial charge in [0.25, 0.3) is 11.8 Å². The van der Waals surface area contributed by atoms with Crippen LogP contribution < -0.4 is 15.2 Å². The molecule has 0 radical (unpaired) electrons. The van der Waals surface area contributed by atoms with E-state index in [4.69, 9.17) is 18.6 Å². The van der Waals surface area contributed by atoms with Crippen molar-refractivity contribution >= 4 is 12.1 Å². The fraction of sp³-hybridized carbons (Fsp3) is 0.281. The van der Waals surface area contributed by atoms with E-state index in [1.54, 1.807) is 23.2 Å². The first-order valence-electron chi connectivity index (χ1n) is 14.4. The number of carbonyl (C=O) groups excluding carboxylic acids is 2. The molecule has 1 amide bonds. The van der Waals surface area contributed by atoms with Gasteiger partial charge in [0.2, 0.25) is 18.0 Å². The summed E-state index contributed by atoms with van der Waals surface area (Å²) in [4.78, 5) is 40.2. The van der Waals surface area contributed by atoms with E-state index < -0.39 is 66.0 Å². The summed E-state index contributed by atoms with van der Waals surface area (Å²) >= 11 is 0. The largest absolute Gasteiger partial charge is 0.510 e. The fourth-order valence-corrected chi connectivity index (χ4v) is 7.02. The van der Waals surface area contributed by atoms with Gasteiger partial charge in [0, 0.05) is 47.5 Å². The third-order valence-corrected chi connectivity index (χ3v) is 8.84. The zero-order valence-corrected chi connectivity index (χ0v) is 24.1. The smallest absolute Gasteiger partial charge is 0.463 e. The van der Waals surface area contributed by atoms with Crippen molar-refractivity contribution in [3.05, 3.63) is 98.9 Å². The first kappa shape index (κ1) is 28.2. The van der Waals surface area contributed by atoms with E-state index in [0.29, 0.717) is 28.0 Å². The number of pyridine rings is 1. The number of halogens is 3. The number of aromatic nitrogens is 1. The van der Waals surface area contributed by atoms with Gasteiger partial charge in [-0.25, -0.2) is 18.0 Å². The molecule has 236 valence electrons. The first-order valence-corrected chi connectivity index (χ1v) is 14.4. The molecule has 0 spiro atoms. The topological polar surface area (TPSA) is 113 Å². The Hall–Kier alpha value is -5.24. The Bertz CT molecular complexity index is 2010. The third kappa shape index (κ3) is 3.92. The summed E-state index contributed by atoms with van der Waals surface area (Å²) in [6.45, 7) is -0.355. The predicted octanol–water partition coefficient (Wildman–Crippen LogP) is 4.53. The van der Waals surface area contributed by atoms with Gasteiger partial charge in [0.15, 0.2) is 5.69 Å². The summed E-state index contributed by atoms with van der Waals surface area (Å²) < 4.78 is 75.1. The lowest BCUT2D eigenvalue weighted by molar-refractivity contribution is -0.0208. The number of carbonyl (C=O) groups is 2. The lowest BCUT2D eigenvalue weighted by Crippen LogP contribution is -2.66. The van der Waals surface area contributed by atoms with Crippen LogP contribution in [0.15, 0.2) is 64.1 Å². The molecule has 0 N–H and O–H groups in total. The van der Waals surface area contributed by atoms with Gasteiger partial charge in [0.05, 0.1) is 38.2 Å². The van der Waals surface area contributed by atoms with Crippen LogP contribution in [-0.4, -0.2) is 61.5 Å². The molecular weight excluding hydrogens is 611 g/mol. The van der Waals surface area contributed by atoms with Gasteiger partial charge in [-0.3, -0.25) is 19.3 Å². The molecule has 0 bridgehead atoms. The standard InChI is InChI=1S/C32H24F3N3O8/c1-42-31(41)46-15-45-29-21(39)8-9-37-27(29)30(40)36-10-11-43-14-22(36)38(37)26-17-4-2-3-5-18(17)28-23-16(13-44-28)12-32(34,35)25-20(33)7-6-19(26)24(23)25/h2-9,13,22,26H,10-12,14-15H2,1H3. The lowest BCUT2D eigenvalue weighted by atomic mass is 9.80. The van der Waals surface area contributed by atoms with E-state index in [-0.39, 0.29) is 36.6 Å². The number of amides is 1. The highest BCUT2D eigenvalue weighted by molar-refractivity contribution is 5.97. The minimum absolute atomic E-state index is 0.0157. The van der Waals surface area contributed by atoms with Gasteiger partial charge in [0.1, 0.15) is 17.7 Å². The number of hydrogen-bond acceptors (Lipinski definition) is 9. The van der Waals surface area contributed by atoms with Crippen molar-refractivity contribution in [1.82, 2.24) is 9.58 Å². The highest BCUT2D eigenvalue weighted by Crippen LogP contribution is 2.57. The highest BCUT2D eigenvalue weighted by atomic mass is 19.3. The fourth-order valence-electron chi connectivity index (χ4n) is 7.02. The molecule has 2 unspecified atom stereocenters. The maximum atomic E-state index is 15.8. The van der Waals surface area contributed by atoms with Crippen molar-refractivity contribution in [3.63, 3.8) is 0 Å². The maximum Gasteiger partial charge on any atom is 0.510 e. The van der Waals surface area contributed by atoms with Crippen LogP contribution in [0.5, 0.6) is 5.75 Å². The number of morpholine rings is 1. The number of fused-ring (bicyclic) bond motifs is 4. The summed E-state index contributed by atoms with van der Waals surface area (Å²) in [6.07, 6.45) is 0.101. The summed E-state index contributed by atoms with van der Waals surface area (Å²) in [5, 5.41) is 1.74. The molecule has 2 atom stereocenters. The number of alkyl halides is 2. The van der Waals surface area contributed by atoms with Crippen molar-refractivity contribution < 1.29 is 46.1 Å². The molecule has 2 aromatic carbocycles. The Labute approximate surface area is 258 Å². The summed E-state index contributed by atoms with van der Waals surface area (Å²) in [7, 11) is 1.10. The number of methoxy groups -OCH3 is 1. The first-order chi connectivity index (χ1) is 22.2. The van der Waals surface area contributed by atoms with E-state index in [2.05, 4.69) is 4.74 Å². The SMILES string of the molecule is COC(=O)OCOc1c2n(ccc1=O)N(C1c3ccccc3-c3occ4c3-c3c1ccc(F)c3C(F)(F)C4)C1COCCN1C2=O. The number of hydrogen-bond donors (Lipinski definition) is 0. The van der Waals surface area contributed by atoms with E-state index in [9.17, 15) is 14.4 Å². The lowest BCUT2D eigenvalue weighted by Gasteiger charge is -2.51. The maximum absolute atomic E-state index is 15.8. The van der Waals surface area contributed by atoms with Gasteiger partial charge < -0.3 is 28.3 Å². The summed E-state index contributed by atoms with van der Waals surface area (Å²) in [6, 6.07) is 9.93. The number of furan rings is 1. The van der Waals surface area contributed by atoms with Crippen LogP contribution in [0.1, 0.15) is 38.8 Å². The molecule has 4 aromatic rings. The molecule has 1 fully saturated rings. The number of rotatable bonds is 4. The molecule has 2 aliphatic carbocycles. The summed E-state index contributed by atoms with van der Waals surface area (Å²) in [5.74, 6) is -5.21. The van der Waals surface area contributed by atoms with E-state index in [0.717, 1.165) is 13.2 Å². The quantitative estimate of drug-likeness (QED) is 0.236. The number of benzene rings is 2. The molecular formula is C32H24F3N3O8. The van der Waals surface area contributed by atoms with Gasteiger partial charge in [-0.05, 0) is 17.2 Å². The second-order valence-corrected chi connectivity index (χ2v) is 11.2. The van der Waals surface area contributed by atoms with Crippen molar-refractivity contribution in [3.8, 4) is 28.2 Å². The van der Waals surface area contributed by atoms with Gasteiger partial charge >= 0.3 is 6.16 Å². The minimum atomic E-state index is -3.54. The van der Waals surface area contributed by atoms with Crippen molar-refractivity contribution in [2.45, 2.75) is 24.6 Å². The van der Waals surface area contributed by atoms with Gasteiger partial charge in [-0.2, -0.15) is 0 Å². The molecule has 14 heteroatoms. The van der Waals surface area contributed by atoms with E-state index in [1.807, 2.05) is 6.07 Å². The second-order valence-electron chi connectivity index (χ2n) is 11.2.